The van der Waals surface area contributed by atoms with Gasteiger partial charge < -0.3 is 9.47 Å². The molecule has 2 rings (SSSR count). The SMILES string of the molecule is COc1ccccc1N=C(C)CC(C)=Nc1ccccc1OC. The third-order valence-corrected chi connectivity index (χ3v) is 3.30. The van der Waals surface area contributed by atoms with Crippen LogP contribution in [0.5, 0.6) is 11.5 Å². The molecule has 0 saturated carbocycles. The first-order chi connectivity index (χ1) is 11.1. The Morgan fingerprint density at radius 3 is 1.52 bits per heavy atom. The molecule has 0 fully saturated rings. The molecule has 0 amide bonds. The average molecular weight is 310 g/mol. The molecule has 0 saturated heterocycles. The number of ether oxygens (including phenoxy) is 2. The Hall–Kier alpha value is -2.62. The van der Waals surface area contributed by atoms with E-state index in [2.05, 4.69) is 9.98 Å². The highest BCUT2D eigenvalue weighted by Gasteiger charge is 2.04. The monoisotopic (exact) mass is 310 g/mol. The Bertz CT molecular complexity index is 659. The summed E-state index contributed by atoms with van der Waals surface area (Å²) in [5, 5.41) is 0. The molecule has 0 aromatic heterocycles. The minimum atomic E-state index is 0.691. The average Bonchev–Trinajstić information content (AvgIpc) is 2.55. The zero-order chi connectivity index (χ0) is 16.7. The van der Waals surface area contributed by atoms with E-state index < -0.39 is 0 Å². The first-order valence-corrected chi connectivity index (χ1v) is 7.48. The van der Waals surface area contributed by atoms with Crippen LogP contribution < -0.4 is 9.47 Å². The zero-order valence-corrected chi connectivity index (χ0v) is 14.0. The van der Waals surface area contributed by atoms with Gasteiger partial charge in [0.1, 0.15) is 22.9 Å². The van der Waals surface area contributed by atoms with Crippen molar-refractivity contribution in [2.24, 2.45) is 9.98 Å². The van der Waals surface area contributed by atoms with E-state index in [0.29, 0.717) is 6.42 Å². The number of hydrogen-bond acceptors (Lipinski definition) is 4. The second-order valence-corrected chi connectivity index (χ2v) is 5.21. The van der Waals surface area contributed by atoms with E-state index in [-0.39, 0.29) is 0 Å². The van der Waals surface area contributed by atoms with Crippen LogP contribution >= 0.6 is 0 Å². The molecule has 4 heteroatoms. The Morgan fingerprint density at radius 2 is 1.13 bits per heavy atom. The highest BCUT2D eigenvalue weighted by atomic mass is 16.5. The summed E-state index contributed by atoms with van der Waals surface area (Å²) in [5.74, 6) is 1.54. The molecular weight excluding hydrogens is 288 g/mol. The van der Waals surface area contributed by atoms with Crippen molar-refractivity contribution >= 4 is 22.8 Å². The van der Waals surface area contributed by atoms with Crippen molar-refractivity contribution in [1.29, 1.82) is 0 Å². The summed E-state index contributed by atoms with van der Waals surface area (Å²) >= 11 is 0. The summed E-state index contributed by atoms with van der Waals surface area (Å²) in [4.78, 5) is 9.27. The predicted octanol–water partition coefficient (Wildman–Crippen LogP) is 4.98. The van der Waals surface area contributed by atoms with Crippen LogP contribution in [0.2, 0.25) is 0 Å². The molecule has 0 atom stereocenters. The lowest BCUT2D eigenvalue weighted by Gasteiger charge is -2.07. The second-order valence-electron chi connectivity index (χ2n) is 5.21. The summed E-state index contributed by atoms with van der Waals surface area (Å²) in [6.07, 6.45) is 0.691. The van der Waals surface area contributed by atoms with Crippen LogP contribution in [0.4, 0.5) is 11.4 Å². The van der Waals surface area contributed by atoms with E-state index in [1.807, 2.05) is 62.4 Å². The number of benzene rings is 2. The number of rotatable bonds is 6. The van der Waals surface area contributed by atoms with Crippen molar-refractivity contribution in [3.63, 3.8) is 0 Å². The third-order valence-electron chi connectivity index (χ3n) is 3.30. The molecule has 0 aliphatic heterocycles. The standard InChI is InChI=1S/C19H22N2O2/c1-14(20-16-9-5-7-11-18(16)22-3)13-15(2)21-17-10-6-8-12-19(17)23-4/h5-12H,13H2,1-4H3. The fourth-order valence-corrected chi connectivity index (χ4v) is 2.30. The molecule has 0 unspecified atom stereocenters. The zero-order valence-electron chi connectivity index (χ0n) is 14.0. The Labute approximate surface area is 137 Å². The van der Waals surface area contributed by atoms with Crippen LogP contribution in [0.3, 0.4) is 0 Å². The number of hydrogen-bond donors (Lipinski definition) is 0. The molecule has 4 nitrogen and oxygen atoms in total. The topological polar surface area (TPSA) is 43.2 Å². The van der Waals surface area contributed by atoms with E-state index in [1.54, 1.807) is 14.2 Å². The van der Waals surface area contributed by atoms with E-state index in [9.17, 15) is 0 Å². The van der Waals surface area contributed by atoms with Gasteiger partial charge in [0.25, 0.3) is 0 Å². The Morgan fingerprint density at radius 1 is 0.739 bits per heavy atom. The van der Waals surface area contributed by atoms with Crippen molar-refractivity contribution in [3.8, 4) is 11.5 Å². The first kappa shape index (κ1) is 16.7. The largest absolute Gasteiger partial charge is 0.494 e. The number of nitrogens with zero attached hydrogens (tertiary/aromatic N) is 2. The van der Waals surface area contributed by atoms with Crippen molar-refractivity contribution in [2.45, 2.75) is 20.3 Å². The van der Waals surface area contributed by atoms with Gasteiger partial charge in [0, 0.05) is 17.8 Å². The fraction of sp³-hybridized carbons (Fsp3) is 0.263. The first-order valence-electron chi connectivity index (χ1n) is 7.48. The van der Waals surface area contributed by atoms with E-state index >= 15 is 0 Å². The van der Waals surface area contributed by atoms with Gasteiger partial charge in [-0.1, -0.05) is 24.3 Å². The van der Waals surface area contributed by atoms with Gasteiger partial charge in [-0.05, 0) is 38.1 Å². The molecule has 0 aliphatic rings. The van der Waals surface area contributed by atoms with Crippen molar-refractivity contribution in [2.75, 3.05) is 14.2 Å². The maximum atomic E-state index is 5.32. The molecule has 0 spiro atoms. The van der Waals surface area contributed by atoms with Gasteiger partial charge in [0.2, 0.25) is 0 Å². The molecule has 2 aromatic rings. The smallest absolute Gasteiger partial charge is 0.144 e. The van der Waals surface area contributed by atoms with Crippen molar-refractivity contribution < 1.29 is 9.47 Å². The Kier molecular flexibility index (Phi) is 5.92. The summed E-state index contributed by atoms with van der Waals surface area (Å²) in [6.45, 7) is 3.99. The molecule has 23 heavy (non-hydrogen) atoms. The number of para-hydroxylation sites is 4. The summed E-state index contributed by atoms with van der Waals surface area (Å²) in [5.41, 5.74) is 3.62. The van der Waals surface area contributed by atoms with Crippen LogP contribution in [0.25, 0.3) is 0 Å². The molecule has 2 aromatic carbocycles. The van der Waals surface area contributed by atoms with Gasteiger partial charge in [-0.25, -0.2) is 0 Å². The lowest BCUT2D eigenvalue weighted by Crippen LogP contribution is -2.00. The van der Waals surface area contributed by atoms with Gasteiger partial charge in [-0.2, -0.15) is 0 Å². The van der Waals surface area contributed by atoms with E-state index in [1.165, 1.54) is 0 Å². The molecule has 0 heterocycles. The van der Waals surface area contributed by atoms with Crippen molar-refractivity contribution in [3.05, 3.63) is 48.5 Å². The van der Waals surface area contributed by atoms with Crippen LogP contribution in [-0.4, -0.2) is 25.6 Å². The van der Waals surface area contributed by atoms with Gasteiger partial charge in [-0.15, -0.1) is 0 Å². The van der Waals surface area contributed by atoms with Gasteiger partial charge in [0.15, 0.2) is 0 Å². The summed E-state index contributed by atoms with van der Waals surface area (Å²) in [6, 6.07) is 15.5. The molecule has 0 aliphatic carbocycles. The number of methoxy groups -OCH3 is 2. The molecular formula is C19H22N2O2. The maximum absolute atomic E-state index is 5.32. The van der Waals surface area contributed by atoms with E-state index in [4.69, 9.17) is 9.47 Å². The lowest BCUT2D eigenvalue weighted by atomic mass is 10.2. The van der Waals surface area contributed by atoms with Gasteiger partial charge in [-0.3, -0.25) is 9.98 Å². The summed E-state index contributed by atoms with van der Waals surface area (Å²) < 4.78 is 10.6. The normalized spacial score (nSPS) is 12.2. The van der Waals surface area contributed by atoms with Crippen molar-refractivity contribution in [1.82, 2.24) is 0 Å². The second kappa shape index (κ2) is 8.13. The summed E-state index contributed by atoms with van der Waals surface area (Å²) in [7, 11) is 3.30. The maximum Gasteiger partial charge on any atom is 0.144 e. The third kappa shape index (κ3) is 4.68. The van der Waals surface area contributed by atoms with Crippen LogP contribution in [0.15, 0.2) is 58.5 Å². The van der Waals surface area contributed by atoms with Crippen LogP contribution in [-0.2, 0) is 0 Å². The van der Waals surface area contributed by atoms with Crippen LogP contribution in [0.1, 0.15) is 20.3 Å². The van der Waals surface area contributed by atoms with E-state index in [0.717, 1.165) is 34.3 Å². The predicted molar refractivity (Wildman–Crippen MR) is 96.1 cm³/mol. The van der Waals surface area contributed by atoms with Crippen LogP contribution in [0, 0.1) is 0 Å². The Balaban J connectivity index is 2.17. The lowest BCUT2D eigenvalue weighted by molar-refractivity contribution is 0.416. The quantitative estimate of drug-likeness (QED) is 0.706. The minimum Gasteiger partial charge on any atom is -0.494 e. The molecule has 0 N–H and O–H groups in total. The van der Waals surface area contributed by atoms with Gasteiger partial charge >= 0.3 is 0 Å². The molecule has 0 bridgehead atoms. The highest BCUT2D eigenvalue weighted by molar-refractivity contribution is 6.04. The van der Waals surface area contributed by atoms with Gasteiger partial charge in [0.05, 0.1) is 14.2 Å². The molecule has 0 radical (unpaired) electrons. The molecule has 120 valence electrons. The minimum absolute atomic E-state index is 0.691. The number of aliphatic imine (C=N–C) groups is 2. The highest BCUT2D eigenvalue weighted by Crippen LogP contribution is 2.28. The fourth-order valence-electron chi connectivity index (χ4n) is 2.30.